The molecule has 0 radical (unpaired) electrons. The summed E-state index contributed by atoms with van der Waals surface area (Å²) in [7, 11) is 1.82. The SMILES string of the molecule is Cc1c(CCOc2c(-c3ccc4ncc(CNCc5cccnc5)n4c3)ccc(F)c2F)c(C(O)C(C)(C)C)nn1C. The number of pyridine rings is 2. The van der Waals surface area contributed by atoms with Crippen LogP contribution >= 0.6 is 0 Å². The first kappa shape index (κ1) is 29.3. The molecule has 0 aliphatic heterocycles. The van der Waals surface area contributed by atoms with Crippen molar-refractivity contribution in [2.24, 2.45) is 12.5 Å². The maximum Gasteiger partial charge on any atom is 0.201 e. The number of nitrogens with zero attached hydrogens (tertiary/aromatic N) is 5. The number of aromatic nitrogens is 5. The zero-order valence-electron chi connectivity index (χ0n) is 24.5. The standard InChI is InChI=1S/C32H36F2N6O2/c1-20-24(29(38-39(20)5)31(41)32(2,3)4)12-14-42-30-25(9-10-26(33)28(30)34)22-8-11-27-37-18-23(40(27)19-22)17-36-16-21-7-6-13-35-15-21/h6-11,13,15,18-19,31,36,41H,12,14,16-17H2,1-5H3. The van der Waals surface area contributed by atoms with Gasteiger partial charge in [0.15, 0.2) is 11.6 Å². The minimum absolute atomic E-state index is 0.0700. The van der Waals surface area contributed by atoms with Gasteiger partial charge in [0.2, 0.25) is 5.82 Å². The maximum absolute atomic E-state index is 15.2. The lowest BCUT2D eigenvalue weighted by atomic mass is 9.85. The van der Waals surface area contributed by atoms with Crippen LogP contribution in [0, 0.1) is 24.0 Å². The third-order valence-corrected chi connectivity index (χ3v) is 7.47. The van der Waals surface area contributed by atoms with E-state index in [2.05, 4.69) is 20.4 Å². The minimum atomic E-state index is -1.05. The largest absolute Gasteiger partial charge is 0.489 e. The molecule has 8 nitrogen and oxygen atoms in total. The number of aliphatic hydroxyl groups is 1. The average molecular weight is 575 g/mol. The zero-order chi connectivity index (χ0) is 30.0. The molecule has 5 rings (SSSR count). The summed E-state index contributed by atoms with van der Waals surface area (Å²) >= 11 is 0. The summed E-state index contributed by atoms with van der Waals surface area (Å²) < 4.78 is 39.2. The third-order valence-electron chi connectivity index (χ3n) is 7.47. The number of nitrogens with one attached hydrogen (secondary N) is 1. The second-order valence-electron chi connectivity index (χ2n) is 11.5. The first-order valence-electron chi connectivity index (χ1n) is 13.9. The van der Waals surface area contributed by atoms with Crippen LogP contribution in [0.25, 0.3) is 16.8 Å². The van der Waals surface area contributed by atoms with Crippen molar-refractivity contribution in [2.75, 3.05) is 6.61 Å². The second kappa shape index (κ2) is 12.0. The van der Waals surface area contributed by atoms with Crippen LogP contribution in [-0.4, -0.2) is 35.9 Å². The quantitative estimate of drug-likeness (QED) is 0.222. The molecule has 5 aromatic rings. The van der Waals surface area contributed by atoms with Crippen molar-refractivity contribution in [1.29, 1.82) is 0 Å². The summed E-state index contributed by atoms with van der Waals surface area (Å²) in [6, 6.07) is 10.2. The van der Waals surface area contributed by atoms with E-state index in [1.165, 1.54) is 6.07 Å². The van der Waals surface area contributed by atoms with E-state index in [1.54, 1.807) is 17.1 Å². The average Bonchev–Trinajstić information content (AvgIpc) is 3.50. The summed E-state index contributed by atoms with van der Waals surface area (Å²) in [5.74, 6) is -2.20. The minimum Gasteiger partial charge on any atom is -0.489 e. The lowest BCUT2D eigenvalue weighted by Gasteiger charge is -2.25. The van der Waals surface area contributed by atoms with Gasteiger partial charge in [0.05, 0.1) is 24.2 Å². The van der Waals surface area contributed by atoms with E-state index in [-0.39, 0.29) is 12.4 Å². The highest BCUT2D eigenvalue weighted by molar-refractivity contribution is 5.71. The number of ether oxygens (including phenoxy) is 1. The number of benzene rings is 1. The summed E-state index contributed by atoms with van der Waals surface area (Å²) in [6.07, 6.45) is 6.77. The molecule has 1 aromatic carbocycles. The van der Waals surface area contributed by atoms with Crippen LogP contribution in [-0.2, 0) is 26.6 Å². The summed E-state index contributed by atoms with van der Waals surface area (Å²) in [5, 5.41) is 18.9. The molecule has 0 bridgehead atoms. The fraction of sp³-hybridized carbons (Fsp3) is 0.344. The topological polar surface area (TPSA) is 89.5 Å². The molecule has 0 spiro atoms. The Labute approximate surface area is 244 Å². The molecule has 220 valence electrons. The number of hydrogen-bond donors (Lipinski definition) is 2. The predicted molar refractivity (Wildman–Crippen MR) is 157 cm³/mol. The Bertz CT molecular complexity index is 1690. The molecule has 0 aliphatic rings. The maximum atomic E-state index is 15.2. The Morgan fingerprint density at radius 2 is 1.88 bits per heavy atom. The van der Waals surface area contributed by atoms with Crippen LogP contribution in [0.15, 0.2) is 61.2 Å². The number of imidazole rings is 1. The van der Waals surface area contributed by atoms with Gasteiger partial charge in [-0.3, -0.25) is 9.67 Å². The number of aryl methyl sites for hydroxylation is 1. The van der Waals surface area contributed by atoms with Gasteiger partial charge in [0.1, 0.15) is 11.8 Å². The molecule has 0 saturated carbocycles. The first-order valence-corrected chi connectivity index (χ1v) is 13.9. The Morgan fingerprint density at radius 1 is 1.07 bits per heavy atom. The van der Waals surface area contributed by atoms with E-state index in [9.17, 15) is 9.50 Å². The van der Waals surface area contributed by atoms with Crippen LogP contribution < -0.4 is 10.1 Å². The Morgan fingerprint density at radius 3 is 2.62 bits per heavy atom. The summed E-state index contributed by atoms with van der Waals surface area (Å²) in [4.78, 5) is 8.62. The van der Waals surface area contributed by atoms with Crippen molar-refractivity contribution in [1.82, 2.24) is 29.5 Å². The highest BCUT2D eigenvalue weighted by atomic mass is 19.2. The Kier molecular flexibility index (Phi) is 8.38. The lowest BCUT2D eigenvalue weighted by molar-refractivity contribution is 0.0575. The highest BCUT2D eigenvalue weighted by Gasteiger charge is 2.30. The van der Waals surface area contributed by atoms with Crippen molar-refractivity contribution in [3.05, 3.63) is 101 Å². The van der Waals surface area contributed by atoms with E-state index in [4.69, 9.17) is 4.74 Å². The molecule has 42 heavy (non-hydrogen) atoms. The van der Waals surface area contributed by atoms with Crippen LogP contribution in [0.5, 0.6) is 5.75 Å². The van der Waals surface area contributed by atoms with Crippen molar-refractivity contribution in [2.45, 2.75) is 53.3 Å². The Balaban J connectivity index is 1.38. The van der Waals surface area contributed by atoms with Crippen molar-refractivity contribution >= 4 is 5.65 Å². The molecule has 0 saturated heterocycles. The molecule has 2 N–H and O–H groups in total. The molecule has 4 aromatic heterocycles. The van der Waals surface area contributed by atoms with Gasteiger partial charge in [-0.05, 0) is 48.2 Å². The molecule has 0 amide bonds. The molecule has 1 unspecified atom stereocenters. The number of aliphatic hydroxyl groups excluding tert-OH is 1. The zero-order valence-corrected chi connectivity index (χ0v) is 24.5. The fourth-order valence-corrected chi connectivity index (χ4v) is 4.93. The monoisotopic (exact) mass is 574 g/mol. The fourth-order valence-electron chi connectivity index (χ4n) is 4.93. The number of halogens is 2. The molecule has 0 aliphatic carbocycles. The van der Waals surface area contributed by atoms with Crippen LogP contribution in [0.2, 0.25) is 0 Å². The second-order valence-corrected chi connectivity index (χ2v) is 11.5. The van der Waals surface area contributed by atoms with Gasteiger partial charge in [-0.15, -0.1) is 0 Å². The Hall–Kier alpha value is -4.15. The number of rotatable bonds is 10. The van der Waals surface area contributed by atoms with E-state index in [0.29, 0.717) is 36.3 Å². The summed E-state index contributed by atoms with van der Waals surface area (Å²) in [6.45, 7) is 9.00. The van der Waals surface area contributed by atoms with E-state index in [0.717, 1.165) is 34.2 Å². The van der Waals surface area contributed by atoms with Crippen LogP contribution in [0.4, 0.5) is 8.78 Å². The van der Waals surface area contributed by atoms with E-state index < -0.39 is 23.2 Å². The van der Waals surface area contributed by atoms with Crippen LogP contribution in [0.3, 0.4) is 0 Å². The number of hydrogen-bond acceptors (Lipinski definition) is 6. The van der Waals surface area contributed by atoms with Gasteiger partial charge < -0.3 is 19.6 Å². The third kappa shape index (κ3) is 6.05. The van der Waals surface area contributed by atoms with Crippen LogP contribution in [0.1, 0.15) is 55.1 Å². The van der Waals surface area contributed by atoms with Crippen molar-refractivity contribution in [3.63, 3.8) is 0 Å². The van der Waals surface area contributed by atoms with E-state index >= 15 is 4.39 Å². The molecule has 0 fully saturated rings. The smallest absolute Gasteiger partial charge is 0.201 e. The van der Waals surface area contributed by atoms with Crippen molar-refractivity contribution in [3.8, 4) is 16.9 Å². The van der Waals surface area contributed by atoms with Gasteiger partial charge in [-0.1, -0.05) is 26.8 Å². The predicted octanol–water partition coefficient (Wildman–Crippen LogP) is 5.71. The lowest BCUT2D eigenvalue weighted by Crippen LogP contribution is -2.20. The first-order chi connectivity index (χ1) is 20.0. The normalized spacial score (nSPS) is 12.7. The summed E-state index contributed by atoms with van der Waals surface area (Å²) in [5.41, 5.74) is 5.67. The molecule has 1 atom stereocenters. The molecular weight excluding hydrogens is 538 g/mol. The van der Waals surface area contributed by atoms with E-state index in [1.807, 2.05) is 75.8 Å². The van der Waals surface area contributed by atoms with Gasteiger partial charge >= 0.3 is 0 Å². The molecule has 4 heterocycles. The van der Waals surface area contributed by atoms with Gasteiger partial charge in [-0.2, -0.15) is 9.49 Å². The number of fused-ring (bicyclic) bond motifs is 1. The van der Waals surface area contributed by atoms with Gasteiger partial charge in [0.25, 0.3) is 0 Å². The highest BCUT2D eigenvalue weighted by Crippen LogP contribution is 2.36. The van der Waals surface area contributed by atoms with Gasteiger partial charge in [-0.25, -0.2) is 9.37 Å². The molecular formula is C32H36F2N6O2. The van der Waals surface area contributed by atoms with Crippen molar-refractivity contribution < 1.29 is 18.6 Å². The van der Waals surface area contributed by atoms with Gasteiger partial charge in [0, 0.05) is 67.5 Å². The molecule has 10 heteroatoms.